The van der Waals surface area contributed by atoms with E-state index < -0.39 is 4.92 Å². The summed E-state index contributed by atoms with van der Waals surface area (Å²) in [5, 5.41) is 16.8. The molecule has 1 N–H and O–H groups in total. The van der Waals surface area contributed by atoms with Crippen LogP contribution < -0.4 is 10.2 Å². The summed E-state index contributed by atoms with van der Waals surface area (Å²) < 4.78 is 0. The van der Waals surface area contributed by atoms with Gasteiger partial charge in [0, 0.05) is 35.8 Å². The molecular formula is C23H21N3O3. The Balaban J connectivity index is 1.48. The van der Waals surface area contributed by atoms with Crippen LogP contribution in [0.5, 0.6) is 0 Å². The normalized spacial score (nSPS) is 15.1. The van der Waals surface area contributed by atoms with Crippen LogP contribution in [-0.4, -0.2) is 23.9 Å². The van der Waals surface area contributed by atoms with E-state index in [2.05, 4.69) is 17.4 Å². The summed E-state index contributed by atoms with van der Waals surface area (Å²) in [5.74, 6) is -0.334. The number of carbonyl (C=O) groups excluding carboxylic acids is 1. The highest BCUT2D eigenvalue weighted by Gasteiger charge is 2.24. The Morgan fingerprint density at radius 2 is 1.76 bits per heavy atom. The van der Waals surface area contributed by atoms with Crippen molar-refractivity contribution >= 4 is 33.7 Å². The number of aryl methyl sites for hydroxylation is 2. The number of nitrogens with zero attached hydrogens (tertiary/aromatic N) is 2. The molecule has 1 saturated heterocycles. The molecule has 3 aromatic carbocycles. The predicted octanol–water partition coefficient (Wildman–Crippen LogP) is 4.70. The molecule has 0 atom stereocenters. The zero-order chi connectivity index (χ0) is 20.0. The van der Waals surface area contributed by atoms with Gasteiger partial charge in [0.25, 0.3) is 11.6 Å². The maximum Gasteiger partial charge on any atom is 0.293 e. The molecule has 146 valence electrons. The minimum Gasteiger partial charge on any atom is -0.366 e. The number of nitrogens with one attached hydrogen (secondary N) is 1. The number of rotatable bonds is 4. The SMILES string of the molecule is O=C(Nc1ccc2c3c(cccc13)CC2)c1ccc(N2CCCC2)c([N+](=O)[O-])c1. The quantitative estimate of drug-likeness (QED) is 0.520. The summed E-state index contributed by atoms with van der Waals surface area (Å²) in [4.78, 5) is 26.1. The van der Waals surface area contributed by atoms with E-state index in [9.17, 15) is 14.9 Å². The number of benzene rings is 3. The summed E-state index contributed by atoms with van der Waals surface area (Å²) in [6.45, 7) is 1.63. The first-order valence-corrected chi connectivity index (χ1v) is 10.00. The van der Waals surface area contributed by atoms with Gasteiger partial charge in [-0.25, -0.2) is 0 Å². The van der Waals surface area contributed by atoms with E-state index in [-0.39, 0.29) is 11.6 Å². The van der Waals surface area contributed by atoms with Crippen molar-refractivity contribution in [3.05, 3.63) is 75.3 Å². The monoisotopic (exact) mass is 387 g/mol. The molecule has 1 aliphatic carbocycles. The summed E-state index contributed by atoms with van der Waals surface area (Å²) >= 11 is 0. The minimum atomic E-state index is -0.399. The van der Waals surface area contributed by atoms with Gasteiger partial charge in [-0.3, -0.25) is 14.9 Å². The molecule has 1 aliphatic heterocycles. The number of anilines is 2. The Kier molecular flexibility index (Phi) is 4.19. The molecule has 2 aliphatic rings. The summed E-state index contributed by atoms with van der Waals surface area (Å²) in [5.41, 5.74) is 4.22. The molecular weight excluding hydrogens is 366 g/mol. The second-order valence-electron chi connectivity index (χ2n) is 7.72. The fourth-order valence-corrected chi connectivity index (χ4v) is 4.59. The van der Waals surface area contributed by atoms with Crippen LogP contribution in [0, 0.1) is 10.1 Å². The molecule has 0 saturated carbocycles. The molecule has 3 aromatic rings. The highest BCUT2D eigenvalue weighted by Crippen LogP contribution is 2.36. The van der Waals surface area contributed by atoms with Gasteiger partial charge in [0.15, 0.2) is 0 Å². The lowest BCUT2D eigenvalue weighted by Crippen LogP contribution is -2.20. The summed E-state index contributed by atoms with van der Waals surface area (Å²) in [7, 11) is 0. The Hall–Kier alpha value is -3.41. The molecule has 0 radical (unpaired) electrons. The van der Waals surface area contributed by atoms with Gasteiger partial charge in [-0.15, -0.1) is 0 Å². The van der Waals surface area contributed by atoms with Crippen LogP contribution in [0.4, 0.5) is 17.1 Å². The van der Waals surface area contributed by atoms with Gasteiger partial charge in [0.05, 0.1) is 4.92 Å². The molecule has 6 heteroatoms. The number of hydrogen-bond acceptors (Lipinski definition) is 4. The van der Waals surface area contributed by atoms with Crippen molar-refractivity contribution in [2.45, 2.75) is 25.7 Å². The summed E-state index contributed by atoms with van der Waals surface area (Å²) in [6, 6.07) is 14.9. The van der Waals surface area contributed by atoms with Gasteiger partial charge >= 0.3 is 0 Å². The number of nitro benzene ring substituents is 1. The minimum absolute atomic E-state index is 0.0139. The molecule has 0 bridgehead atoms. The average Bonchev–Trinajstić information content (AvgIpc) is 3.41. The number of amides is 1. The summed E-state index contributed by atoms with van der Waals surface area (Å²) in [6.07, 6.45) is 4.11. The van der Waals surface area contributed by atoms with Crippen LogP contribution >= 0.6 is 0 Å². The maximum atomic E-state index is 12.9. The third kappa shape index (κ3) is 3.01. The molecule has 0 spiro atoms. The topological polar surface area (TPSA) is 75.5 Å². The standard InChI is InChI=1S/C23H21N3O3/c27-23(17-9-11-20(21(14-17)26(28)29)25-12-1-2-13-25)24-19-10-8-16-7-6-15-4-3-5-18(19)22(15)16/h3-5,8-11,14H,1-2,6-7,12-13H2,(H,24,27). The number of carbonyl (C=O) groups is 1. The lowest BCUT2D eigenvalue weighted by molar-refractivity contribution is -0.384. The lowest BCUT2D eigenvalue weighted by atomic mass is 10.0. The molecule has 6 nitrogen and oxygen atoms in total. The Labute approximate surface area is 168 Å². The number of nitro groups is 1. The van der Waals surface area contributed by atoms with Crippen LogP contribution in [0.15, 0.2) is 48.5 Å². The van der Waals surface area contributed by atoms with Crippen molar-refractivity contribution in [2.24, 2.45) is 0 Å². The zero-order valence-corrected chi connectivity index (χ0v) is 16.0. The average molecular weight is 387 g/mol. The second kappa shape index (κ2) is 6.88. The Morgan fingerprint density at radius 3 is 2.52 bits per heavy atom. The second-order valence-corrected chi connectivity index (χ2v) is 7.72. The van der Waals surface area contributed by atoms with Gasteiger partial charge in [-0.2, -0.15) is 0 Å². The first-order valence-electron chi connectivity index (χ1n) is 10.00. The number of hydrogen-bond donors (Lipinski definition) is 1. The third-order valence-corrected chi connectivity index (χ3v) is 6.01. The highest BCUT2D eigenvalue weighted by atomic mass is 16.6. The molecule has 1 heterocycles. The third-order valence-electron chi connectivity index (χ3n) is 6.01. The highest BCUT2D eigenvalue weighted by molar-refractivity contribution is 6.10. The first kappa shape index (κ1) is 17.7. The van der Waals surface area contributed by atoms with E-state index in [0.717, 1.165) is 49.8 Å². The van der Waals surface area contributed by atoms with E-state index >= 15 is 0 Å². The van der Waals surface area contributed by atoms with Crippen LogP contribution in [0.3, 0.4) is 0 Å². The van der Waals surface area contributed by atoms with Crippen molar-refractivity contribution in [1.82, 2.24) is 0 Å². The molecule has 1 fully saturated rings. The van der Waals surface area contributed by atoms with Crippen molar-refractivity contribution in [3.8, 4) is 0 Å². The molecule has 1 amide bonds. The molecule has 0 unspecified atom stereocenters. The molecule has 5 rings (SSSR count). The smallest absolute Gasteiger partial charge is 0.293 e. The van der Waals surface area contributed by atoms with Gasteiger partial charge in [0.1, 0.15) is 5.69 Å². The maximum absolute atomic E-state index is 12.9. The van der Waals surface area contributed by atoms with Gasteiger partial charge in [0.2, 0.25) is 0 Å². The van der Waals surface area contributed by atoms with Gasteiger partial charge < -0.3 is 10.2 Å². The van der Waals surface area contributed by atoms with E-state index in [4.69, 9.17) is 0 Å². The van der Waals surface area contributed by atoms with Crippen LogP contribution in [-0.2, 0) is 12.8 Å². The largest absolute Gasteiger partial charge is 0.366 e. The van der Waals surface area contributed by atoms with E-state index in [1.165, 1.54) is 22.6 Å². The van der Waals surface area contributed by atoms with Gasteiger partial charge in [-0.1, -0.05) is 24.3 Å². The lowest BCUT2D eigenvalue weighted by Gasteiger charge is -2.18. The van der Waals surface area contributed by atoms with Crippen LogP contribution in [0.1, 0.15) is 34.3 Å². The van der Waals surface area contributed by atoms with E-state index in [0.29, 0.717) is 11.3 Å². The van der Waals surface area contributed by atoms with Crippen molar-refractivity contribution in [3.63, 3.8) is 0 Å². The Morgan fingerprint density at radius 1 is 1.00 bits per heavy atom. The van der Waals surface area contributed by atoms with E-state index in [1.54, 1.807) is 12.1 Å². The van der Waals surface area contributed by atoms with Crippen LogP contribution in [0.2, 0.25) is 0 Å². The van der Waals surface area contributed by atoms with Crippen LogP contribution in [0.25, 0.3) is 10.8 Å². The first-order chi connectivity index (χ1) is 14.1. The fraction of sp³-hybridized carbons (Fsp3) is 0.261. The zero-order valence-electron chi connectivity index (χ0n) is 16.0. The predicted molar refractivity (Wildman–Crippen MR) is 114 cm³/mol. The fourth-order valence-electron chi connectivity index (χ4n) is 4.59. The molecule has 0 aromatic heterocycles. The molecule has 29 heavy (non-hydrogen) atoms. The van der Waals surface area contributed by atoms with E-state index in [1.807, 2.05) is 23.1 Å². The Bertz CT molecular complexity index is 1140. The van der Waals surface area contributed by atoms with Gasteiger partial charge in [-0.05, 0) is 60.4 Å². The van der Waals surface area contributed by atoms with Crippen molar-refractivity contribution in [2.75, 3.05) is 23.3 Å². The van der Waals surface area contributed by atoms with Crippen molar-refractivity contribution < 1.29 is 9.72 Å². The van der Waals surface area contributed by atoms with Crippen molar-refractivity contribution in [1.29, 1.82) is 0 Å².